The SMILES string of the molecule is COc1ccc(CCNC(=O)c2ccc(N3c4ccccc4CC3C)nc2)cc1. The number of rotatable bonds is 6. The highest BCUT2D eigenvalue weighted by Crippen LogP contribution is 2.36. The number of amides is 1. The lowest BCUT2D eigenvalue weighted by molar-refractivity contribution is 0.0954. The molecule has 148 valence electrons. The molecule has 29 heavy (non-hydrogen) atoms. The Balaban J connectivity index is 1.37. The number of carbonyl (C=O) groups excluding carboxylic acids is 1. The van der Waals surface area contributed by atoms with Gasteiger partial charge in [0.05, 0.1) is 12.7 Å². The quantitative estimate of drug-likeness (QED) is 0.691. The average molecular weight is 387 g/mol. The molecule has 4 rings (SSSR count). The van der Waals surface area contributed by atoms with Crippen molar-refractivity contribution in [1.82, 2.24) is 10.3 Å². The number of nitrogens with one attached hydrogen (secondary N) is 1. The maximum atomic E-state index is 12.4. The number of ether oxygens (including phenoxy) is 1. The molecule has 5 nitrogen and oxygen atoms in total. The van der Waals surface area contributed by atoms with Gasteiger partial charge < -0.3 is 15.0 Å². The van der Waals surface area contributed by atoms with E-state index in [9.17, 15) is 4.79 Å². The van der Waals surface area contributed by atoms with Gasteiger partial charge in [-0.25, -0.2) is 4.98 Å². The number of pyridine rings is 1. The van der Waals surface area contributed by atoms with Gasteiger partial charge >= 0.3 is 0 Å². The van der Waals surface area contributed by atoms with Crippen molar-refractivity contribution in [3.05, 3.63) is 83.6 Å². The van der Waals surface area contributed by atoms with Gasteiger partial charge in [0.2, 0.25) is 0 Å². The van der Waals surface area contributed by atoms with Gasteiger partial charge in [-0.15, -0.1) is 0 Å². The number of carbonyl (C=O) groups is 1. The van der Waals surface area contributed by atoms with Gasteiger partial charge in [0, 0.05) is 24.5 Å². The van der Waals surface area contributed by atoms with Crippen LogP contribution in [0.15, 0.2) is 66.9 Å². The predicted octanol–water partition coefficient (Wildman–Crippen LogP) is 4.15. The van der Waals surface area contributed by atoms with Gasteiger partial charge in [-0.3, -0.25) is 4.79 Å². The fraction of sp³-hybridized carbons (Fsp3) is 0.250. The van der Waals surface area contributed by atoms with Gasteiger partial charge in [0.1, 0.15) is 11.6 Å². The molecular weight excluding hydrogens is 362 g/mol. The molecule has 1 atom stereocenters. The van der Waals surface area contributed by atoms with E-state index in [1.54, 1.807) is 13.3 Å². The lowest BCUT2D eigenvalue weighted by Gasteiger charge is -2.23. The molecule has 3 aromatic rings. The molecule has 1 aliphatic rings. The van der Waals surface area contributed by atoms with Crippen molar-refractivity contribution in [2.75, 3.05) is 18.6 Å². The van der Waals surface area contributed by atoms with E-state index < -0.39 is 0 Å². The Morgan fingerprint density at radius 1 is 1.14 bits per heavy atom. The van der Waals surface area contributed by atoms with Gasteiger partial charge in [-0.1, -0.05) is 30.3 Å². The lowest BCUT2D eigenvalue weighted by Crippen LogP contribution is -2.27. The third-order valence-electron chi connectivity index (χ3n) is 5.32. The van der Waals surface area contributed by atoms with Crippen molar-refractivity contribution in [3.63, 3.8) is 0 Å². The summed E-state index contributed by atoms with van der Waals surface area (Å²) in [6.07, 6.45) is 3.43. The molecule has 0 bridgehead atoms. The smallest absolute Gasteiger partial charge is 0.252 e. The van der Waals surface area contributed by atoms with E-state index in [4.69, 9.17) is 4.74 Å². The number of hydrogen-bond acceptors (Lipinski definition) is 4. The molecule has 1 amide bonds. The minimum Gasteiger partial charge on any atom is -0.497 e. The third-order valence-corrected chi connectivity index (χ3v) is 5.32. The van der Waals surface area contributed by atoms with Crippen LogP contribution in [-0.2, 0) is 12.8 Å². The Hall–Kier alpha value is -3.34. The first kappa shape index (κ1) is 19.0. The zero-order valence-corrected chi connectivity index (χ0v) is 16.8. The monoisotopic (exact) mass is 387 g/mol. The van der Waals surface area contributed by atoms with Crippen molar-refractivity contribution >= 4 is 17.4 Å². The van der Waals surface area contributed by atoms with Crippen molar-refractivity contribution in [2.24, 2.45) is 0 Å². The number of nitrogens with zero attached hydrogens (tertiary/aromatic N) is 2. The van der Waals surface area contributed by atoms with Crippen molar-refractivity contribution in [3.8, 4) is 5.75 Å². The summed E-state index contributed by atoms with van der Waals surface area (Å²) in [5.41, 5.74) is 4.26. The van der Waals surface area contributed by atoms with Gasteiger partial charge in [0.15, 0.2) is 0 Å². The van der Waals surface area contributed by atoms with E-state index in [1.807, 2.05) is 36.4 Å². The van der Waals surface area contributed by atoms with Crippen LogP contribution in [0, 0.1) is 0 Å². The highest BCUT2D eigenvalue weighted by molar-refractivity contribution is 5.94. The maximum Gasteiger partial charge on any atom is 0.252 e. The second kappa shape index (κ2) is 8.35. The van der Waals surface area contributed by atoms with Crippen LogP contribution in [0.2, 0.25) is 0 Å². The van der Waals surface area contributed by atoms with E-state index in [0.717, 1.165) is 30.0 Å². The Morgan fingerprint density at radius 2 is 1.93 bits per heavy atom. The molecule has 1 N–H and O–H groups in total. The summed E-state index contributed by atoms with van der Waals surface area (Å²) in [7, 11) is 1.65. The van der Waals surface area contributed by atoms with Crippen LogP contribution in [0.4, 0.5) is 11.5 Å². The van der Waals surface area contributed by atoms with E-state index in [2.05, 4.69) is 46.4 Å². The largest absolute Gasteiger partial charge is 0.497 e. The second-order valence-electron chi connectivity index (χ2n) is 7.31. The molecule has 0 saturated carbocycles. The first-order valence-corrected chi connectivity index (χ1v) is 9.90. The molecule has 1 aliphatic heterocycles. The molecule has 5 heteroatoms. The number of methoxy groups -OCH3 is 1. The molecular formula is C24H25N3O2. The molecule has 0 fully saturated rings. The summed E-state index contributed by atoms with van der Waals surface area (Å²) in [5.74, 6) is 1.60. The van der Waals surface area contributed by atoms with Crippen LogP contribution < -0.4 is 15.0 Å². The summed E-state index contributed by atoms with van der Waals surface area (Å²) in [6.45, 7) is 2.77. The molecule has 1 aromatic heterocycles. The Morgan fingerprint density at radius 3 is 2.66 bits per heavy atom. The maximum absolute atomic E-state index is 12.4. The van der Waals surface area contributed by atoms with Crippen LogP contribution in [0.1, 0.15) is 28.4 Å². The summed E-state index contributed by atoms with van der Waals surface area (Å²) in [5, 5.41) is 2.97. The normalized spacial score (nSPS) is 15.1. The first-order chi connectivity index (χ1) is 14.2. The summed E-state index contributed by atoms with van der Waals surface area (Å²) < 4.78 is 5.16. The van der Waals surface area contributed by atoms with Crippen molar-refractivity contribution < 1.29 is 9.53 Å². The number of fused-ring (bicyclic) bond motifs is 1. The van der Waals surface area contributed by atoms with Crippen LogP contribution in [0.5, 0.6) is 5.75 Å². The Kier molecular flexibility index (Phi) is 5.47. The first-order valence-electron chi connectivity index (χ1n) is 9.90. The molecule has 0 spiro atoms. The Labute approximate surface area is 171 Å². The Bertz CT molecular complexity index is 984. The number of para-hydroxylation sites is 1. The molecule has 2 heterocycles. The number of anilines is 2. The summed E-state index contributed by atoms with van der Waals surface area (Å²) in [4.78, 5) is 19.3. The highest BCUT2D eigenvalue weighted by Gasteiger charge is 2.27. The number of hydrogen-bond donors (Lipinski definition) is 1. The number of aromatic nitrogens is 1. The fourth-order valence-corrected chi connectivity index (χ4v) is 3.79. The standard InChI is InChI=1S/C24H25N3O2/c1-17-15-19-5-3-4-6-22(19)27(17)23-12-9-20(16-26-23)24(28)25-14-13-18-7-10-21(29-2)11-8-18/h3-12,16-17H,13-15H2,1-2H3,(H,25,28). The van der Waals surface area contributed by atoms with Crippen molar-refractivity contribution in [2.45, 2.75) is 25.8 Å². The molecule has 0 aliphatic carbocycles. The van der Waals surface area contributed by atoms with E-state index in [-0.39, 0.29) is 5.91 Å². The molecule has 0 saturated heterocycles. The van der Waals surface area contributed by atoms with Gasteiger partial charge in [-0.05, 0) is 61.2 Å². The minimum atomic E-state index is -0.104. The van der Waals surface area contributed by atoms with Crippen LogP contribution in [0.25, 0.3) is 0 Å². The summed E-state index contributed by atoms with van der Waals surface area (Å²) >= 11 is 0. The lowest BCUT2D eigenvalue weighted by atomic mass is 10.1. The molecule has 1 unspecified atom stereocenters. The van der Waals surface area contributed by atoms with Crippen LogP contribution in [-0.4, -0.2) is 30.6 Å². The second-order valence-corrected chi connectivity index (χ2v) is 7.31. The van der Waals surface area contributed by atoms with E-state index in [0.29, 0.717) is 18.2 Å². The van der Waals surface area contributed by atoms with E-state index >= 15 is 0 Å². The number of benzene rings is 2. The van der Waals surface area contributed by atoms with Gasteiger partial charge in [-0.2, -0.15) is 0 Å². The predicted molar refractivity (Wildman–Crippen MR) is 115 cm³/mol. The molecule has 2 aromatic carbocycles. The van der Waals surface area contributed by atoms with E-state index in [1.165, 1.54) is 11.3 Å². The fourth-order valence-electron chi connectivity index (χ4n) is 3.79. The molecule has 0 radical (unpaired) electrons. The zero-order valence-electron chi connectivity index (χ0n) is 16.8. The highest BCUT2D eigenvalue weighted by atomic mass is 16.5. The van der Waals surface area contributed by atoms with Crippen molar-refractivity contribution in [1.29, 1.82) is 0 Å². The van der Waals surface area contributed by atoms with Crippen LogP contribution >= 0.6 is 0 Å². The minimum absolute atomic E-state index is 0.104. The zero-order chi connectivity index (χ0) is 20.2. The average Bonchev–Trinajstić information content (AvgIpc) is 3.10. The summed E-state index contributed by atoms with van der Waals surface area (Å²) in [6, 6.07) is 20.4. The van der Waals surface area contributed by atoms with Gasteiger partial charge in [0.25, 0.3) is 5.91 Å². The third kappa shape index (κ3) is 4.09. The van der Waals surface area contributed by atoms with Crippen LogP contribution in [0.3, 0.4) is 0 Å². The topological polar surface area (TPSA) is 54.5 Å².